The molecule has 0 aliphatic rings. The zero-order valence-corrected chi connectivity index (χ0v) is 10.6. The normalized spacial score (nSPS) is 11.8. The molecular formula is C12H17ClFNO. The summed E-state index contributed by atoms with van der Waals surface area (Å²) in [6, 6.07) is 4.55. The molecule has 0 aliphatic carbocycles. The SMILES string of the molecule is COC(C)(C)CNCc1cc(Cl)ccc1F. The summed E-state index contributed by atoms with van der Waals surface area (Å²) in [4.78, 5) is 0. The van der Waals surface area contributed by atoms with E-state index in [0.717, 1.165) is 0 Å². The van der Waals surface area contributed by atoms with Crippen LogP contribution in [0, 0.1) is 5.82 Å². The van der Waals surface area contributed by atoms with Crippen LogP contribution in [-0.2, 0) is 11.3 Å². The van der Waals surface area contributed by atoms with Crippen molar-refractivity contribution in [2.75, 3.05) is 13.7 Å². The number of nitrogens with one attached hydrogen (secondary N) is 1. The van der Waals surface area contributed by atoms with Crippen LogP contribution in [0.1, 0.15) is 19.4 Å². The molecule has 0 heterocycles. The first-order valence-electron chi connectivity index (χ1n) is 5.14. The molecule has 1 aromatic carbocycles. The maximum atomic E-state index is 13.3. The van der Waals surface area contributed by atoms with Crippen LogP contribution in [0.5, 0.6) is 0 Å². The summed E-state index contributed by atoms with van der Waals surface area (Å²) in [6.45, 7) is 5.03. The quantitative estimate of drug-likeness (QED) is 0.861. The van der Waals surface area contributed by atoms with Gasteiger partial charge in [0.15, 0.2) is 0 Å². The molecule has 4 heteroatoms. The molecular weight excluding hydrogens is 229 g/mol. The van der Waals surface area contributed by atoms with Gasteiger partial charge in [-0.1, -0.05) is 11.6 Å². The van der Waals surface area contributed by atoms with Crippen LogP contribution >= 0.6 is 11.6 Å². The average molecular weight is 246 g/mol. The molecule has 0 amide bonds. The van der Waals surface area contributed by atoms with Gasteiger partial charge in [0.1, 0.15) is 5.82 Å². The third-order valence-electron chi connectivity index (χ3n) is 2.43. The van der Waals surface area contributed by atoms with Crippen molar-refractivity contribution >= 4 is 11.6 Å². The standard InChI is InChI=1S/C12H17ClFNO/c1-12(2,16-3)8-15-7-9-6-10(13)4-5-11(9)14/h4-6,15H,7-8H2,1-3H3. The van der Waals surface area contributed by atoms with E-state index in [4.69, 9.17) is 16.3 Å². The van der Waals surface area contributed by atoms with Gasteiger partial charge in [-0.25, -0.2) is 4.39 Å². The fourth-order valence-electron chi connectivity index (χ4n) is 1.25. The molecule has 0 unspecified atom stereocenters. The second-order valence-electron chi connectivity index (χ2n) is 4.30. The van der Waals surface area contributed by atoms with Crippen molar-refractivity contribution in [1.29, 1.82) is 0 Å². The fraction of sp³-hybridized carbons (Fsp3) is 0.500. The van der Waals surface area contributed by atoms with Crippen LogP contribution in [0.2, 0.25) is 5.02 Å². The third-order valence-corrected chi connectivity index (χ3v) is 2.66. The molecule has 1 aromatic rings. The first-order chi connectivity index (χ1) is 7.44. The highest BCUT2D eigenvalue weighted by atomic mass is 35.5. The number of benzene rings is 1. The Morgan fingerprint density at radius 3 is 2.75 bits per heavy atom. The van der Waals surface area contributed by atoms with Crippen LogP contribution in [0.4, 0.5) is 4.39 Å². The predicted octanol–water partition coefficient (Wildman–Crippen LogP) is 2.99. The van der Waals surface area contributed by atoms with Crippen LogP contribution in [0.3, 0.4) is 0 Å². The summed E-state index contributed by atoms with van der Waals surface area (Å²) in [5.74, 6) is -0.243. The first-order valence-corrected chi connectivity index (χ1v) is 5.52. The molecule has 0 radical (unpaired) electrons. The average Bonchev–Trinajstić information content (AvgIpc) is 2.23. The Morgan fingerprint density at radius 1 is 1.44 bits per heavy atom. The number of hydrogen-bond donors (Lipinski definition) is 1. The lowest BCUT2D eigenvalue weighted by molar-refractivity contribution is 0.0230. The lowest BCUT2D eigenvalue weighted by Gasteiger charge is -2.23. The number of methoxy groups -OCH3 is 1. The van der Waals surface area contributed by atoms with Crippen LogP contribution in [0.25, 0.3) is 0 Å². The monoisotopic (exact) mass is 245 g/mol. The van der Waals surface area contributed by atoms with E-state index in [2.05, 4.69) is 5.32 Å². The topological polar surface area (TPSA) is 21.3 Å². The van der Waals surface area contributed by atoms with Gasteiger partial charge in [0.25, 0.3) is 0 Å². The van der Waals surface area contributed by atoms with Crippen molar-refractivity contribution in [1.82, 2.24) is 5.32 Å². The Balaban J connectivity index is 2.52. The van der Waals surface area contributed by atoms with E-state index in [1.165, 1.54) is 6.07 Å². The Labute approximate surface area is 101 Å². The summed E-state index contributed by atoms with van der Waals surface area (Å²) in [5.41, 5.74) is 0.314. The molecule has 1 N–H and O–H groups in total. The van der Waals surface area contributed by atoms with Gasteiger partial charge in [-0.2, -0.15) is 0 Å². The predicted molar refractivity (Wildman–Crippen MR) is 64.2 cm³/mol. The van der Waals surface area contributed by atoms with E-state index >= 15 is 0 Å². The van der Waals surface area contributed by atoms with Crippen molar-refractivity contribution in [3.8, 4) is 0 Å². The zero-order valence-electron chi connectivity index (χ0n) is 9.81. The Morgan fingerprint density at radius 2 is 2.12 bits per heavy atom. The molecule has 2 nitrogen and oxygen atoms in total. The van der Waals surface area contributed by atoms with Gasteiger partial charge in [-0.15, -0.1) is 0 Å². The first kappa shape index (κ1) is 13.4. The van der Waals surface area contributed by atoms with Gasteiger partial charge in [-0.05, 0) is 32.0 Å². The molecule has 0 saturated carbocycles. The highest BCUT2D eigenvalue weighted by Gasteiger charge is 2.15. The van der Waals surface area contributed by atoms with Gasteiger partial charge < -0.3 is 10.1 Å². The minimum Gasteiger partial charge on any atom is -0.377 e. The lowest BCUT2D eigenvalue weighted by Crippen LogP contribution is -2.36. The van der Waals surface area contributed by atoms with E-state index in [-0.39, 0.29) is 11.4 Å². The Bertz CT molecular complexity index is 355. The lowest BCUT2D eigenvalue weighted by atomic mass is 10.1. The van der Waals surface area contributed by atoms with E-state index in [1.807, 2.05) is 13.8 Å². The highest BCUT2D eigenvalue weighted by molar-refractivity contribution is 6.30. The van der Waals surface area contributed by atoms with Crippen molar-refractivity contribution in [2.45, 2.75) is 26.0 Å². The largest absolute Gasteiger partial charge is 0.377 e. The minimum absolute atomic E-state index is 0.243. The van der Waals surface area contributed by atoms with Gasteiger partial charge in [0, 0.05) is 30.8 Å². The second kappa shape index (κ2) is 5.62. The zero-order chi connectivity index (χ0) is 12.2. The smallest absolute Gasteiger partial charge is 0.127 e. The molecule has 0 atom stereocenters. The molecule has 90 valence electrons. The van der Waals surface area contributed by atoms with Crippen LogP contribution in [-0.4, -0.2) is 19.3 Å². The Hall–Kier alpha value is -0.640. The molecule has 1 rings (SSSR count). The van der Waals surface area contributed by atoms with Crippen molar-refractivity contribution in [3.63, 3.8) is 0 Å². The number of rotatable bonds is 5. The maximum absolute atomic E-state index is 13.3. The summed E-state index contributed by atoms with van der Waals surface area (Å²) in [6.07, 6.45) is 0. The van der Waals surface area contributed by atoms with E-state index < -0.39 is 0 Å². The fourth-order valence-corrected chi connectivity index (χ4v) is 1.44. The second-order valence-corrected chi connectivity index (χ2v) is 4.74. The molecule has 0 aromatic heterocycles. The summed E-state index contributed by atoms with van der Waals surface area (Å²) in [5, 5.41) is 3.68. The molecule has 0 aliphatic heterocycles. The van der Waals surface area contributed by atoms with Gasteiger partial charge in [-0.3, -0.25) is 0 Å². The van der Waals surface area contributed by atoms with E-state index in [0.29, 0.717) is 23.7 Å². The molecule has 0 bridgehead atoms. The summed E-state index contributed by atoms with van der Waals surface area (Å²) < 4.78 is 18.6. The number of ether oxygens (including phenoxy) is 1. The maximum Gasteiger partial charge on any atom is 0.127 e. The van der Waals surface area contributed by atoms with Gasteiger partial charge >= 0.3 is 0 Å². The molecule has 16 heavy (non-hydrogen) atoms. The van der Waals surface area contributed by atoms with Crippen molar-refractivity contribution < 1.29 is 9.13 Å². The molecule has 0 spiro atoms. The third kappa shape index (κ3) is 4.08. The summed E-state index contributed by atoms with van der Waals surface area (Å²) >= 11 is 5.79. The number of halogens is 2. The summed E-state index contributed by atoms with van der Waals surface area (Å²) in [7, 11) is 1.65. The van der Waals surface area contributed by atoms with Crippen molar-refractivity contribution in [3.05, 3.63) is 34.6 Å². The molecule has 0 fully saturated rings. The van der Waals surface area contributed by atoms with Gasteiger partial charge in [0.05, 0.1) is 5.60 Å². The van der Waals surface area contributed by atoms with Gasteiger partial charge in [0.2, 0.25) is 0 Å². The Kier molecular flexibility index (Phi) is 4.71. The molecule has 0 saturated heterocycles. The highest BCUT2D eigenvalue weighted by Crippen LogP contribution is 2.15. The van der Waals surface area contributed by atoms with E-state index in [1.54, 1.807) is 19.2 Å². The van der Waals surface area contributed by atoms with Crippen LogP contribution in [0.15, 0.2) is 18.2 Å². The minimum atomic E-state index is -0.255. The van der Waals surface area contributed by atoms with E-state index in [9.17, 15) is 4.39 Å². The van der Waals surface area contributed by atoms with Crippen LogP contribution < -0.4 is 5.32 Å². The van der Waals surface area contributed by atoms with Crippen molar-refractivity contribution in [2.24, 2.45) is 0 Å². The number of hydrogen-bond acceptors (Lipinski definition) is 2.